The minimum atomic E-state index is -0.485. The van der Waals surface area contributed by atoms with Gasteiger partial charge in [-0.25, -0.2) is 9.37 Å². The van der Waals surface area contributed by atoms with Crippen molar-refractivity contribution in [3.8, 4) is 0 Å². The molecule has 2 aromatic rings. The second-order valence-corrected chi connectivity index (χ2v) is 3.59. The molecule has 0 bridgehead atoms. The van der Waals surface area contributed by atoms with Crippen LogP contribution < -0.4 is 5.56 Å². The van der Waals surface area contributed by atoms with Crippen molar-refractivity contribution in [2.45, 2.75) is 0 Å². The Kier molecular flexibility index (Phi) is 2.11. The fourth-order valence-electron chi connectivity index (χ4n) is 1.23. The molecule has 0 spiro atoms. The summed E-state index contributed by atoms with van der Waals surface area (Å²) in [5, 5.41) is 0.288. The number of rotatable bonds is 0. The maximum Gasteiger partial charge on any atom is 0.261 e. The normalized spacial score (nSPS) is 10.8. The predicted octanol–water partition coefficient (Wildman–Crippen LogP) is 1.84. The van der Waals surface area contributed by atoms with E-state index in [0.717, 1.165) is 0 Å². The molecule has 0 saturated heterocycles. The molecule has 0 fully saturated rings. The van der Waals surface area contributed by atoms with E-state index in [9.17, 15) is 9.18 Å². The third-order valence-corrected chi connectivity index (χ3v) is 2.71. The van der Waals surface area contributed by atoms with E-state index in [4.69, 9.17) is 0 Å². The van der Waals surface area contributed by atoms with Gasteiger partial charge in [0.15, 0.2) is 4.73 Å². The van der Waals surface area contributed by atoms with Crippen LogP contribution in [-0.2, 0) is 7.05 Å². The Morgan fingerprint density at radius 3 is 2.93 bits per heavy atom. The first-order valence-corrected chi connectivity index (χ1v) is 4.71. The standard InChI is InChI=1S/C9H6BrFN2O/c1-13-8(14)5-3-2-4-6(11)7(5)12-9(13)10/h2-4H,1H3. The summed E-state index contributed by atoms with van der Waals surface area (Å²) in [5.41, 5.74) is -0.163. The molecule has 0 N–H and O–H groups in total. The molecule has 0 radical (unpaired) electrons. The van der Waals surface area contributed by atoms with Crippen molar-refractivity contribution in [1.82, 2.24) is 9.55 Å². The zero-order chi connectivity index (χ0) is 10.3. The topological polar surface area (TPSA) is 34.9 Å². The van der Waals surface area contributed by atoms with E-state index in [1.54, 1.807) is 13.1 Å². The van der Waals surface area contributed by atoms with Gasteiger partial charge in [0.1, 0.15) is 11.3 Å². The molecule has 3 nitrogen and oxygen atoms in total. The summed E-state index contributed by atoms with van der Waals surface area (Å²) in [6.07, 6.45) is 0. The van der Waals surface area contributed by atoms with Crippen LogP contribution in [0.25, 0.3) is 10.9 Å². The highest BCUT2D eigenvalue weighted by Crippen LogP contribution is 2.14. The van der Waals surface area contributed by atoms with Gasteiger partial charge < -0.3 is 0 Å². The maximum absolute atomic E-state index is 13.2. The van der Waals surface area contributed by atoms with Gasteiger partial charge in [0.2, 0.25) is 0 Å². The number of halogens is 2. The van der Waals surface area contributed by atoms with Crippen molar-refractivity contribution in [1.29, 1.82) is 0 Å². The molecular formula is C9H6BrFN2O. The largest absolute Gasteiger partial charge is 0.290 e. The van der Waals surface area contributed by atoms with Crippen molar-refractivity contribution in [2.75, 3.05) is 0 Å². The van der Waals surface area contributed by atoms with Crippen molar-refractivity contribution in [2.24, 2.45) is 7.05 Å². The van der Waals surface area contributed by atoms with E-state index in [1.807, 2.05) is 0 Å². The van der Waals surface area contributed by atoms with Crippen LogP contribution in [0.4, 0.5) is 4.39 Å². The van der Waals surface area contributed by atoms with Gasteiger partial charge in [0, 0.05) is 7.05 Å². The minimum Gasteiger partial charge on any atom is -0.290 e. The molecule has 0 atom stereocenters. The Labute approximate surface area is 87.3 Å². The second kappa shape index (κ2) is 3.16. The predicted molar refractivity (Wildman–Crippen MR) is 54.6 cm³/mol. The van der Waals surface area contributed by atoms with E-state index < -0.39 is 5.82 Å². The Hall–Kier alpha value is -1.23. The zero-order valence-corrected chi connectivity index (χ0v) is 8.88. The fourth-order valence-corrected chi connectivity index (χ4v) is 1.57. The average molecular weight is 257 g/mol. The first-order valence-electron chi connectivity index (χ1n) is 3.92. The number of aromatic nitrogens is 2. The third-order valence-electron chi connectivity index (χ3n) is 2.00. The molecule has 0 aliphatic heterocycles. The molecular weight excluding hydrogens is 251 g/mol. The lowest BCUT2D eigenvalue weighted by atomic mass is 10.2. The number of hydrogen-bond donors (Lipinski definition) is 0. The molecule has 0 aliphatic rings. The summed E-state index contributed by atoms with van der Waals surface area (Å²) in [7, 11) is 1.57. The molecule has 0 saturated carbocycles. The Balaban J connectivity index is 3.06. The summed E-state index contributed by atoms with van der Waals surface area (Å²) in [4.78, 5) is 15.6. The summed E-state index contributed by atoms with van der Waals surface area (Å²) in [6, 6.07) is 4.33. The van der Waals surface area contributed by atoms with E-state index in [0.29, 0.717) is 4.73 Å². The number of nitrogens with zero attached hydrogens (tertiary/aromatic N) is 2. The molecule has 14 heavy (non-hydrogen) atoms. The monoisotopic (exact) mass is 256 g/mol. The summed E-state index contributed by atoms with van der Waals surface area (Å²) in [6.45, 7) is 0. The quantitative estimate of drug-likeness (QED) is 0.675. The van der Waals surface area contributed by atoms with Gasteiger partial charge in [0.05, 0.1) is 5.39 Å². The maximum atomic E-state index is 13.2. The molecule has 5 heteroatoms. The SMILES string of the molecule is Cn1c(Br)nc2c(F)cccc2c1=O. The minimum absolute atomic E-state index is 0.0995. The van der Waals surface area contributed by atoms with Crippen LogP contribution in [0.2, 0.25) is 0 Å². The van der Waals surface area contributed by atoms with E-state index in [2.05, 4.69) is 20.9 Å². The van der Waals surface area contributed by atoms with Crippen molar-refractivity contribution < 1.29 is 4.39 Å². The zero-order valence-electron chi connectivity index (χ0n) is 7.29. The van der Waals surface area contributed by atoms with Crippen LogP contribution >= 0.6 is 15.9 Å². The Bertz CT molecular complexity index is 564. The average Bonchev–Trinajstić information content (AvgIpc) is 2.17. The van der Waals surface area contributed by atoms with E-state index in [-0.39, 0.29) is 16.5 Å². The van der Waals surface area contributed by atoms with Crippen molar-refractivity contribution >= 4 is 26.8 Å². The third kappa shape index (κ3) is 1.24. The lowest BCUT2D eigenvalue weighted by Gasteiger charge is -2.03. The summed E-state index contributed by atoms with van der Waals surface area (Å²) < 4.78 is 14.9. The van der Waals surface area contributed by atoms with E-state index in [1.165, 1.54) is 16.7 Å². The first kappa shape index (κ1) is 9.33. The summed E-state index contributed by atoms with van der Waals surface area (Å²) >= 11 is 3.09. The van der Waals surface area contributed by atoms with Crippen molar-refractivity contribution in [3.05, 3.63) is 39.1 Å². The fraction of sp³-hybridized carbons (Fsp3) is 0.111. The van der Waals surface area contributed by atoms with Gasteiger partial charge in [-0.05, 0) is 28.1 Å². The van der Waals surface area contributed by atoms with Gasteiger partial charge in [-0.1, -0.05) is 6.07 Å². The second-order valence-electron chi connectivity index (χ2n) is 2.88. The van der Waals surface area contributed by atoms with E-state index >= 15 is 0 Å². The lowest BCUT2D eigenvalue weighted by Crippen LogP contribution is -2.19. The molecule has 1 heterocycles. The van der Waals surface area contributed by atoms with Gasteiger partial charge in [0.25, 0.3) is 5.56 Å². The van der Waals surface area contributed by atoms with Gasteiger partial charge in [-0.2, -0.15) is 0 Å². The molecule has 0 aliphatic carbocycles. The number of benzene rings is 1. The Morgan fingerprint density at radius 1 is 1.50 bits per heavy atom. The number of para-hydroxylation sites is 1. The first-order chi connectivity index (χ1) is 6.61. The molecule has 1 aromatic carbocycles. The highest BCUT2D eigenvalue weighted by Gasteiger charge is 2.08. The van der Waals surface area contributed by atoms with Crippen LogP contribution in [0.3, 0.4) is 0 Å². The molecule has 2 rings (SSSR count). The van der Waals surface area contributed by atoms with Crippen molar-refractivity contribution in [3.63, 3.8) is 0 Å². The lowest BCUT2D eigenvalue weighted by molar-refractivity contribution is 0.634. The molecule has 1 aromatic heterocycles. The van der Waals surface area contributed by atoms with Crippen LogP contribution in [0.1, 0.15) is 0 Å². The van der Waals surface area contributed by atoms with Gasteiger partial charge in [-0.15, -0.1) is 0 Å². The van der Waals surface area contributed by atoms with Crippen LogP contribution in [-0.4, -0.2) is 9.55 Å². The van der Waals surface area contributed by atoms with Crippen LogP contribution in [0.5, 0.6) is 0 Å². The van der Waals surface area contributed by atoms with Gasteiger partial charge in [-0.3, -0.25) is 9.36 Å². The smallest absolute Gasteiger partial charge is 0.261 e. The highest BCUT2D eigenvalue weighted by molar-refractivity contribution is 9.10. The van der Waals surface area contributed by atoms with Crippen LogP contribution in [0.15, 0.2) is 27.7 Å². The molecule has 72 valence electrons. The van der Waals surface area contributed by atoms with Gasteiger partial charge >= 0.3 is 0 Å². The molecule has 0 unspecified atom stereocenters. The molecule has 0 amide bonds. The van der Waals surface area contributed by atoms with Crippen LogP contribution in [0, 0.1) is 5.82 Å². The Morgan fingerprint density at radius 2 is 2.21 bits per heavy atom. The number of hydrogen-bond acceptors (Lipinski definition) is 2. The number of fused-ring (bicyclic) bond motifs is 1. The summed E-state index contributed by atoms with van der Waals surface area (Å²) in [5.74, 6) is -0.485. The highest BCUT2D eigenvalue weighted by atomic mass is 79.9.